The number of ether oxygens (including phenoxy) is 1. The molecule has 3 amide bonds. The van der Waals surface area contributed by atoms with E-state index in [1.165, 1.54) is 0 Å². The van der Waals surface area contributed by atoms with Gasteiger partial charge in [0.1, 0.15) is 0 Å². The number of carbonyl (C=O) groups is 2. The summed E-state index contributed by atoms with van der Waals surface area (Å²) in [5, 5.41) is 5.15. The number of nitrogens with one attached hydrogen (secondary N) is 2. The summed E-state index contributed by atoms with van der Waals surface area (Å²) in [7, 11) is 3.50. The molecule has 128 valence electrons. The van der Waals surface area contributed by atoms with Crippen LogP contribution in [0.1, 0.15) is 31.9 Å². The van der Waals surface area contributed by atoms with Gasteiger partial charge in [0, 0.05) is 20.3 Å². The Balaban J connectivity index is 2.42. The van der Waals surface area contributed by atoms with Crippen molar-refractivity contribution in [1.82, 2.24) is 15.5 Å². The molecule has 0 radical (unpaired) electrons. The van der Waals surface area contributed by atoms with Crippen molar-refractivity contribution in [3.8, 4) is 0 Å². The van der Waals surface area contributed by atoms with E-state index in [1.807, 2.05) is 49.2 Å². The summed E-state index contributed by atoms with van der Waals surface area (Å²) in [6.07, 6.45) is 0.835. The Hall–Kier alpha value is -1.92. The molecule has 0 aliphatic rings. The molecule has 23 heavy (non-hydrogen) atoms. The lowest BCUT2D eigenvalue weighted by Gasteiger charge is -2.23. The molecule has 0 spiro atoms. The Labute approximate surface area is 138 Å². The fraction of sp³-hybridized carbons (Fsp3) is 0.529. The number of rotatable bonds is 8. The van der Waals surface area contributed by atoms with Crippen LogP contribution in [0.2, 0.25) is 0 Å². The van der Waals surface area contributed by atoms with Gasteiger partial charge in [-0.15, -0.1) is 0 Å². The number of hydrogen-bond donors (Lipinski definition) is 2. The van der Waals surface area contributed by atoms with Crippen molar-refractivity contribution in [3.63, 3.8) is 0 Å². The molecule has 0 bridgehead atoms. The van der Waals surface area contributed by atoms with E-state index in [0.717, 1.165) is 18.5 Å². The van der Waals surface area contributed by atoms with Crippen LogP contribution in [0, 0.1) is 0 Å². The lowest BCUT2D eigenvalue weighted by atomic mass is 10.1. The van der Waals surface area contributed by atoms with Crippen LogP contribution in [0.5, 0.6) is 0 Å². The molecule has 0 saturated heterocycles. The van der Waals surface area contributed by atoms with Gasteiger partial charge in [-0.25, -0.2) is 4.79 Å². The van der Waals surface area contributed by atoms with Crippen LogP contribution in [0.25, 0.3) is 0 Å². The molecule has 0 fully saturated rings. The number of benzene rings is 1. The van der Waals surface area contributed by atoms with Gasteiger partial charge in [0.05, 0.1) is 12.1 Å². The topological polar surface area (TPSA) is 70.7 Å². The van der Waals surface area contributed by atoms with Crippen molar-refractivity contribution in [2.75, 3.05) is 27.3 Å². The second kappa shape index (κ2) is 9.97. The van der Waals surface area contributed by atoms with E-state index in [2.05, 4.69) is 10.6 Å². The van der Waals surface area contributed by atoms with Gasteiger partial charge in [-0.2, -0.15) is 0 Å². The largest absolute Gasteiger partial charge is 0.385 e. The van der Waals surface area contributed by atoms with Gasteiger partial charge in [-0.3, -0.25) is 15.0 Å². The first kappa shape index (κ1) is 19.1. The van der Waals surface area contributed by atoms with Gasteiger partial charge in [-0.05, 0) is 32.9 Å². The van der Waals surface area contributed by atoms with Gasteiger partial charge in [0.2, 0.25) is 5.91 Å². The van der Waals surface area contributed by atoms with E-state index < -0.39 is 6.03 Å². The van der Waals surface area contributed by atoms with Crippen molar-refractivity contribution in [2.24, 2.45) is 0 Å². The van der Waals surface area contributed by atoms with E-state index in [0.29, 0.717) is 6.61 Å². The third kappa shape index (κ3) is 6.80. The number of methoxy groups -OCH3 is 1. The molecule has 0 saturated carbocycles. The summed E-state index contributed by atoms with van der Waals surface area (Å²) >= 11 is 0. The van der Waals surface area contributed by atoms with Crippen LogP contribution < -0.4 is 10.6 Å². The smallest absolute Gasteiger partial charge is 0.321 e. The molecule has 1 rings (SSSR count). The number of imide groups is 1. The Kier molecular flexibility index (Phi) is 8.29. The highest BCUT2D eigenvalue weighted by Crippen LogP contribution is 2.10. The van der Waals surface area contributed by atoms with E-state index in [1.54, 1.807) is 14.0 Å². The Morgan fingerprint density at radius 2 is 1.87 bits per heavy atom. The van der Waals surface area contributed by atoms with Gasteiger partial charge >= 0.3 is 6.03 Å². The zero-order chi connectivity index (χ0) is 17.2. The maximum atomic E-state index is 12.1. The molecule has 1 aromatic carbocycles. The third-order valence-corrected chi connectivity index (χ3v) is 3.78. The molecule has 2 unspecified atom stereocenters. The van der Waals surface area contributed by atoms with Gasteiger partial charge < -0.3 is 10.1 Å². The van der Waals surface area contributed by atoms with E-state index in [4.69, 9.17) is 4.74 Å². The first-order valence-electron chi connectivity index (χ1n) is 7.81. The predicted molar refractivity (Wildman–Crippen MR) is 90.1 cm³/mol. The monoisotopic (exact) mass is 321 g/mol. The summed E-state index contributed by atoms with van der Waals surface area (Å²) in [6.45, 7) is 5.02. The maximum absolute atomic E-state index is 12.1. The van der Waals surface area contributed by atoms with E-state index >= 15 is 0 Å². The second-order valence-electron chi connectivity index (χ2n) is 5.60. The molecule has 6 nitrogen and oxygen atoms in total. The number of hydrogen-bond acceptors (Lipinski definition) is 4. The minimum Gasteiger partial charge on any atom is -0.385 e. The molecule has 0 aromatic heterocycles. The minimum absolute atomic E-state index is 0.168. The van der Waals surface area contributed by atoms with Gasteiger partial charge in [0.25, 0.3) is 0 Å². The lowest BCUT2D eigenvalue weighted by Crippen LogP contribution is -2.49. The highest BCUT2D eigenvalue weighted by Gasteiger charge is 2.20. The van der Waals surface area contributed by atoms with E-state index in [-0.39, 0.29) is 18.0 Å². The predicted octanol–water partition coefficient (Wildman–Crippen LogP) is 1.93. The summed E-state index contributed by atoms with van der Waals surface area (Å²) in [6, 6.07) is 8.56. The number of likely N-dealkylation sites (N-methyl/N-ethyl adjacent to an activating group) is 1. The van der Waals surface area contributed by atoms with Crippen LogP contribution in [0.4, 0.5) is 4.79 Å². The number of urea groups is 1. The van der Waals surface area contributed by atoms with Crippen LogP contribution in [-0.2, 0) is 9.53 Å². The van der Waals surface area contributed by atoms with Crippen molar-refractivity contribution >= 4 is 11.9 Å². The minimum atomic E-state index is -0.483. The fourth-order valence-electron chi connectivity index (χ4n) is 2.13. The maximum Gasteiger partial charge on any atom is 0.321 e. The fourth-order valence-corrected chi connectivity index (χ4v) is 2.13. The molecule has 0 aliphatic heterocycles. The zero-order valence-corrected chi connectivity index (χ0v) is 14.3. The Morgan fingerprint density at radius 1 is 1.22 bits per heavy atom. The summed E-state index contributed by atoms with van der Waals surface area (Å²) in [4.78, 5) is 25.9. The van der Waals surface area contributed by atoms with Crippen molar-refractivity contribution in [3.05, 3.63) is 35.9 Å². The average molecular weight is 321 g/mol. The summed E-state index contributed by atoms with van der Waals surface area (Å²) in [5.74, 6) is -0.317. The Bertz CT molecular complexity index is 493. The highest BCUT2D eigenvalue weighted by molar-refractivity contribution is 5.96. The SMILES string of the molecule is COCCCN(C)C(C)C(=O)NC(=O)NC(C)c1ccccc1. The van der Waals surface area contributed by atoms with Crippen LogP contribution >= 0.6 is 0 Å². The molecule has 1 aromatic rings. The molecular formula is C17H27N3O3. The lowest BCUT2D eigenvalue weighted by molar-refractivity contribution is -0.124. The molecule has 6 heteroatoms. The number of carbonyl (C=O) groups excluding carboxylic acids is 2. The van der Waals surface area contributed by atoms with Crippen LogP contribution in [-0.4, -0.2) is 50.2 Å². The third-order valence-electron chi connectivity index (χ3n) is 3.78. The van der Waals surface area contributed by atoms with E-state index in [9.17, 15) is 9.59 Å². The summed E-state index contributed by atoms with van der Waals surface area (Å²) in [5.41, 5.74) is 0.986. The average Bonchev–Trinajstić information content (AvgIpc) is 2.54. The molecular weight excluding hydrogens is 294 g/mol. The first-order chi connectivity index (χ1) is 11.0. The normalized spacial score (nSPS) is 13.4. The van der Waals surface area contributed by atoms with Gasteiger partial charge in [0.15, 0.2) is 0 Å². The Morgan fingerprint density at radius 3 is 2.48 bits per heavy atom. The van der Waals surface area contributed by atoms with Crippen molar-refractivity contribution in [1.29, 1.82) is 0 Å². The highest BCUT2D eigenvalue weighted by atomic mass is 16.5. The number of nitrogens with zero attached hydrogens (tertiary/aromatic N) is 1. The standard InChI is InChI=1S/C17H27N3O3/c1-13(15-9-6-5-7-10-15)18-17(22)19-16(21)14(2)20(3)11-8-12-23-4/h5-7,9-10,13-14H,8,11-12H2,1-4H3,(H2,18,19,21,22). The number of amides is 3. The zero-order valence-electron chi connectivity index (χ0n) is 14.3. The quantitative estimate of drug-likeness (QED) is 0.718. The molecule has 2 N–H and O–H groups in total. The molecule has 2 atom stereocenters. The molecule has 0 heterocycles. The van der Waals surface area contributed by atoms with Crippen LogP contribution in [0.15, 0.2) is 30.3 Å². The van der Waals surface area contributed by atoms with Crippen molar-refractivity contribution in [2.45, 2.75) is 32.4 Å². The summed E-state index contributed by atoms with van der Waals surface area (Å²) < 4.78 is 4.99. The second-order valence-corrected chi connectivity index (χ2v) is 5.60. The van der Waals surface area contributed by atoms with Gasteiger partial charge in [-0.1, -0.05) is 30.3 Å². The van der Waals surface area contributed by atoms with Crippen LogP contribution in [0.3, 0.4) is 0 Å². The first-order valence-corrected chi connectivity index (χ1v) is 7.81. The molecule has 0 aliphatic carbocycles. The van der Waals surface area contributed by atoms with Crippen molar-refractivity contribution < 1.29 is 14.3 Å².